The predicted molar refractivity (Wildman–Crippen MR) is 118 cm³/mol. The third-order valence-corrected chi connectivity index (χ3v) is 6.38. The van der Waals surface area contributed by atoms with E-state index in [-0.39, 0.29) is 35.1 Å². The summed E-state index contributed by atoms with van der Waals surface area (Å²) in [6, 6.07) is 13.7. The van der Waals surface area contributed by atoms with Gasteiger partial charge in [0.1, 0.15) is 4.90 Å². The topological polar surface area (TPSA) is 108 Å². The van der Waals surface area contributed by atoms with Gasteiger partial charge in [-0.1, -0.05) is 31.2 Å². The highest BCUT2D eigenvalue weighted by Crippen LogP contribution is 2.26. The van der Waals surface area contributed by atoms with Crippen LogP contribution in [0.15, 0.2) is 57.8 Å². The zero-order valence-electron chi connectivity index (χ0n) is 17.8. The van der Waals surface area contributed by atoms with Crippen LogP contribution in [0.4, 0.5) is 0 Å². The van der Waals surface area contributed by atoms with E-state index in [1.165, 1.54) is 11.0 Å². The first-order valence-corrected chi connectivity index (χ1v) is 11.5. The Morgan fingerprint density at radius 1 is 1.10 bits per heavy atom. The summed E-state index contributed by atoms with van der Waals surface area (Å²) < 4.78 is 28.2. The number of carbonyl (C=O) groups excluding carboxylic acids is 2. The highest BCUT2D eigenvalue weighted by atomic mass is 32.2. The minimum atomic E-state index is -3.73. The molecule has 9 heteroatoms. The lowest BCUT2D eigenvalue weighted by molar-refractivity contribution is -0.121. The Morgan fingerprint density at radius 3 is 2.45 bits per heavy atom. The van der Waals surface area contributed by atoms with Crippen molar-refractivity contribution in [3.63, 3.8) is 0 Å². The van der Waals surface area contributed by atoms with E-state index < -0.39 is 10.0 Å². The first-order chi connectivity index (χ1) is 14.7. The molecule has 0 aromatic heterocycles. The molecule has 2 amide bonds. The molecule has 31 heavy (non-hydrogen) atoms. The summed E-state index contributed by atoms with van der Waals surface area (Å²) in [5, 5.41) is 5.71. The van der Waals surface area contributed by atoms with Gasteiger partial charge in [-0.2, -0.15) is 8.42 Å². The van der Waals surface area contributed by atoms with Crippen LogP contribution in [0.3, 0.4) is 0 Å². The molecule has 1 atom stereocenters. The number of hydrogen-bond acceptors (Lipinski definition) is 5. The quantitative estimate of drug-likeness (QED) is 0.681. The van der Waals surface area contributed by atoms with Crippen LogP contribution in [0.1, 0.15) is 41.8 Å². The lowest BCUT2D eigenvalue weighted by Crippen LogP contribution is -2.38. The third kappa shape index (κ3) is 5.29. The lowest BCUT2D eigenvalue weighted by atomic mass is 10.1. The van der Waals surface area contributed by atoms with Crippen LogP contribution >= 0.6 is 0 Å². The summed E-state index contributed by atoms with van der Waals surface area (Å²) in [5.41, 5.74) is 1.90. The Labute approximate surface area is 182 Å². The summed E-state index contributed by atoms with van der Waals surface area (Å²) in [6.07, 6.45) is 0.855. The van der Waals surface area contributed by atoms with Gasteiger partial charge in [-0.3, -0.25) is 9.59 Å². The Hall–Kier alpha value is -3.20. The number of amidine groups is 1. The first kappa shape index (κ1) is 22.5. The highest BCUT2D eigenvalue weighted by molar-refractivity contribution is 7.90. The number of benzene rings is 2. The molecule has 0 saturated heterocycles. The van der Waals surface area contributed by atoms with Crippen molar-refractivity contribution in [2.75, 3.05) is 13.6 Å². The number of rotatable bonds is 7. The van der Waals surface area contributed by atoms with Gasteiger partial charge in [-0.05, 0) is 43.2 Å². The molecule has 2 aromatic rings. The molecule has 0 fully saturated rings. The second-order valence-electron chi connectivity index (χ2n) is 7.50. The predicted octanol–water partition coefficient (Wildman–Crippen LogP) is 1.91. The monoisotopic (exact) mass is 442 g/mol. The molecule has 0 radical (unpaired) electrons. The number of sulfonamides is 1. The highest BCUT2D eigenvalue weighted by Gasteiger charge is 2.30. The van der Waals surface area contributed by atoms with E-state index >= 15 is 0 Å². The first-order valence-electron chi connectivity index (χ1n) is 10.0. The minimum Gasteiger partial charge on any atom is -0.350 e. The van der Waals surface area contributed by atoms with E-state index in [2.05, 4.69) is 15.0 Å². The van der Waals surface area contributed by atoms with Crippen molar-refractivity contribution >= 4 is 27.7 Å². The second kappa shape index (κ2) is 9.30. The van der Waals surface area contributed by atoms with Gasteiger partial charge in [0.05, 0.1) is 6.54 Å². The van der Waals surface area contributed by atoms with Crippen molar-refractivity contribution in [2.45, 2.75) is 37.8 Å². The van der Waals surface area contributed by atoms with Gasteiger partial charge in [0.25, 0.3) is 15.9 Å². The molecule has 0 unspecified atom stereocenters. The van der Waals surface area contributed by atoms with Crippen molar-refractivity contribution < 1.29 is 18.0 Å². The Kier molecular flexibility index (Phi) is 6.74. The molecule has 1 aliphatic rings. The van der Waals surface area contributed by atoms with Crippen molar-refractivity contribution in [3.8, 4) is 0 Å². The van der Waals surface area contributed by atoms with E-state index in [1.807, 2.05) is 13.8 Å². The van der Waals surface area contributed by atoms with Crippen LogP contribution in [0.25, 0.3) is 0 Å². The molecule has 0 aliphatic carbocycles. The van der Waals surface area contributed by atoms with Gasteiger partial charge in [-0.25, -0.2) is 0 Å². The molecule has 2 N–H and O–H groups in total. The molecule has 1 heterocycles. The molecule has 164 valence electrons. The maximum Gasteiger partial charge on any atom is 0.285 e. The number of amides is 2. The van der Waals surface area contributed by atoms with Crippen molar-refractivity contribution in [1.82, 2.24) is 15.5 Å². The standard InChI is InChI=1S/C22H26N4O4S/c1-4-15(2)24-22(28)17-11-9-16(10-12-17)13-23-20(27)14-26(3)21-18-7-5-6-8-19(18)31(29,30)25-21/h5-12,15H,4,13-14H2,1-3H3,(H,23,27)(H,24,28)/t15-/m1/s1. The van der Waals surface area contributed by atoms with Crippen LogP contribution < -0.4 is 10.6 Å². The van der Waals surface area contributed by atoms with Crippen LogP contribution in [-0.4, -0.2) is 50.6 Å². The maximum atomic E-state index is 12.4. The fourth-order valence-corrected chi connectivity index (χ4v) is 4.35. The Morgan fingerprint density at radius 2 is 1.77 bits per heavy atom. The number of nitrogens with zero attached hydrogens (tertiary/aromatic N) is 2. The summed E-state index contributed by atoms with van der Waals surface area (Å²) in [6.45, 7) is 4.20. The van der Waals surface area contributed by atoms with Crippen LogP contribution in [0, 0.1) is 0 Å². The van der Waals surface area contributed by atoms with Gasteiger partial charge in [0.15, 0.2) is 5.84 Å². The average molecular weight is 443 g/mol. The average Bonchev–Trinajstić information content (AvgIpc) is 3.04. The second-order valence-corrected chi connectivity index (χ2v) is 9.07. The molecular weight excluding hydrogens is 416 g/mol. The van der Waals surface area contributed by atoms with Crippen molar-refractivity contribution in [3.05, 3.63) is 65.2 Å². The number of hydrogen-bond donors (Lipinski definition) is 2. The van der Waals surface area contributed by atoms with Crippen molar-refractivity contribution in [1.29, 1.82) is 0 Å². The van der Waals surface area contributed by atoms with Crippen LogP contribution in [-0.2, 0) is 21.4 Å². The van der Waals surface area contributed by atoms with Gasteiger partial charge in [0, 0.05) is 30.8 Å². The molecule has 0 saturated carbocycles. The molecule has 1 aliphatic heterocycles. The van der Waals surface area contributed by atoms with E-state index in [0.29, 0.717) is 17.7 Å². The number of likely N-dealkylation sites (N-methyl/N-ethyl adjacent to an activating group) is 1. The van der Waals surface area contributed by atoms with Gasteiger partial charge < -0.3 is 15.5 Å². The zero-order chi connectivity index (χ0) is 22.6. The molecule has 3 rings (SSSR count). The molecule has 0 spiro atoms. The fourth-order valence-electron chi connectivity index (χ4n) is 3.09. The number of fused-ring (bicyclic) bond motifs is 1. The molecule has 0 bridgehead atoms. The normalized spacial score (nSPS) is 14.9. The van der Waals surface area contributed by atoms with Gasteiger partial charge >= 0.3 is 0 Å². The molecule has 8 nitrogen and oxygen atoms in total. The van der Waals surface area contributed by atoms with Gasteiger partial charge in [-0.15, -0.1) is 4.40 Å². The van der Waals surface area contributed by atoms with E-state index in [4.69, 9.17) is 0 Å². The summed E-state index contributed by atoms with van der Waals surface area (Å²) in [7, 11) is -2.10. The van der Waals surface area contributed by atoms with Crippen LogP contribution in [0.5, 0.6) is 0 Å². The number of carbonyl (C=O) groups is 2. The zero-order valence-corrected chi connectivity index (χ0v) is 18.6. The largest absolute Gasteiger partial charge is 0.350 e. The fraction of sp³-hybridized carbons (Fsp3) is 0.318. The Balaban J connectivity index is 1.56. The maximum absolute atomic E-state index is 12.4. The minimum absolute atomic E-state index is 0.0436. The molecule has 2 aromatic carbocycles. The SMILES string of the molecule is CC[C@@H](C)NC(=O)c1ccc(CNC(=O)CN(C)C2=NS(=O)(=O)c3ccccc32)cc1. The van der Waals surface area contributed by atoms with Crippen molar-refractivity contribution in [2.24, 2.45) is 4.40 Å². The number of nitrogens with one attached hydrogen (secondary N) is 2. The van der Waals surface area contributed by atoms with E-state index in [1.54, 1.807) is 49.5 Å². The Bertz CT molecular complexity index is 1110. The van der Waals surface area contributed by atoms with E-state index in [9.17, 15) is 18.0 Å². The summed E-state index contributed by atoms with van der Waals surface area (Å²) in [4.78, 5) is 26.2. The van der Waals surface area contributed by atoms with Gasteiger partial charge in [0.2, 0.25) is 5.91 Å². The third-order valence-electron chi connectivity index (χ3n) is 5.05. The smallest absolute Gasteiger partial charge is 0.285 e. The summed E-state index contributed by atoms with van der Waals surface area (Å²) in [5.74, 6) is -0.146. The molecular formula is C22H26N4O4S. The van der Waals surface area contributed by atoms with Crippen LogP contribution in [0.2, 0.25) is 0 Å². The van der Waals surface area contributed by atoms with E-state index in [0.717, 1.165) is 12.0 Å². The summed E-state index contributed by atoms with van der Waals surface area (Å²) >= 11 is 0. The lowest BCUT2D eigenvalue weighted by Gasteiger charge is -2.18.